The summed E-state index contributed by atoms with van der Waals surface area (Å²) in [6, 6.07) is 0. The van der Waals surface area contributed by atoms with Crippen LogP contribution in [-0.4, -0.2) is 25.3 Å². The zero-order valence-corrected chi connectivity index (χ0v) is 33.5. The van der Waals surface area contributed by atoms with Gasteiger partial charge in [-0.25, -0.2) is 0 Å². The Morgan fingerprint density at radius 2 is 1.04 bits per heavy atom. The van der Waals surface area contributed by atoms with Gasteiger partial charge in [-0.1, -0.05) is 35.6 Å². The van der Waals surface area contributed by atoms with Crippen LogP contribution >= 0.6 is 37.2 Å². The molecule has 0 atom stereocenters. The van der Waals surface area contributed by atoms with Crippen molar-refractivity contribution in [3.05, 3.63) is 20.6 Å². The molecular weight excluding hydrogens is 763 g/mol. The van der Waals surface area contributed by atoms with Gasteiger partial charge >= 0.3 is 153 Å². The molecule has 0 aromatic carbocycles. The maximum atomic E-state index is 10.1. The normalized spacial score (nSPS) is 8.50. The Hall–Kier alpha value is 5.01. The van der Waals surface area contributed by atoms with Crippen LogP contribution < -0.4 is 121 Å². The zero-order chi connectivity index (χ0) is 20.5. The Morgan fingerprint density at radius 1 is 0.929 bits per heavy atom. The third-order valence-electron chi connectivity index (χ3n) is 0.612. The van der Waals surface area contributed by atoms with Crippen molar-refractivity contribution in [2.45, 2.75) is 101 Å². The molecule has 0 saturated heterocycles. The van der Waals surface area contributed by atoms with Crippen LogP contribution in [0.4, 0.5) is 0 Å². The molecule has 0 N–H and O–H groups in total. The molecule has 0 rings (SSSR count). The SMILES string of the molecule is C.C.C=C.CC(C)(C)O[Si](C)(C)C.CC(C)(C)[O-].CC(C)=O.I[I-]I.[CH3-].[K+].[K+]. The van der Waals surface area contributed by atoms with Crippen molar-refractivity contribution in [1.82, 2.24) is 0 Å². The van der Waals surface area contributed by atoms with E-state index in [4.69, 9.17) is 4.43 Å². The van der Waals surface area contributed by atoms with Crippen LogP contribution in [-0.2, 0) is 9.22 Å². The first kappa shape index (κ1) is 63.9. The van der Waals surface area contributed by atoms with Gasteiger partial charge in [0.15, 0.2) is 8.32 Å². The van der Waals surface area contributed by atoms with Gasteiger partial charge in [0.2, 0.25) is 0 Å². The molecule has 0 heterocycles. The van der Waals surface area contributed by atoms with Gasteiger partial charge in [0, 0.05) is 5.60 Å². The summed E-state index contributed by atoms with van der Waals surface area (Å²) in [7, 11) is -1.29. The second-order valence-electron chi connectivity index (χ2n) is 7.40. The molecule has 0 fully saturated rings. The summed E-state index contributed by atoms with van der Waals surface area (Å²) in [5.41, 5.74) is -0.704. The van der Waals surface area contributed by atoms with Gasteiger partial charge < -0.3 is 21.8 Å². The van der Waals surface area contributed by atoms with Crippen molar-refractivity contribution in [2.75, 3.05) is 0 Å². The number of carbonyl (C=O) groups excluding carboxylic acids is 1. The van der Waals surface area contributed by atoms with E-state index in [1.54, 1.807) is 20.8 Å². The minimum atomic E-state index is -1.29. The molecule has 0 radical (unpaired) electrons. The third-order valence-corrected chi connectivity index (χ3v) is 1.84. The molecule has 0 saturated carbocycles. The van der Waals surface area contributed by atoms with Crippen molar-refractivity contribution in [3.63, 3.8) is 0 Å². The number of halogens is 3. The predicted molar refractivity (Wildman–Crippen MR) is 139 cm³/mol. The van der Waals surface area contributed by atoms with Crippen molar-refractivity contribution in [2.24, 2.45) is 0 Å². The number of hydrogen-bond acceptors (Lipinski definition) is 3. The third kappa shape index (κ3) is 230. The molecule has 0 aliphatic rings. The smallest absolute Gasteiger partial charge is 0.358 e. The number of carbonyl (C=O) groups is 1. The molecule has 0 aliphatic carbocycles. The first-order valence-corrected chi connectivity index (χ1v) is 23.1. The minimum absolute atomic E-state index is 0. The van der Waals surface area contributed by atoms with Crippen molar-refractivity contribution >= 4 is 51.3 Å². The number of hydrogen-bond donors (Lipinski definition) is 0. The predicted octanol–water partition coefficient (Wildman–Crippen LogP) is -1.32. The number of ketones is 1. The molecule has 3 nitrogen and oxygen atoms in total. The number of rotatable bonds is 1. The van der Waals surface area contributed by atoms with Crippen LogP contribution in [0, 0.1) is 7.43 Å². The average molecular weight is 812 g/mol. The van der Waals surface area contributed by atoms with Gasteiger partial charge in [-0.15, -0.1) is 18.8 Å². The van der Waals surface area contributed by atoms with Crippen LogP contribution in [0.5, 0.6) is 0 Å². The molecule has 0 aromatic rings. The quantitative estimate of drug-likeness (QED) is 0.143. The van der Waals surface area contributed by atoms with E-state index in [-0.39, 0.29) is 136 Å². The average Bonchev–Trinajstić information content (AvgIpc) is 2.11. The summed E-state index contributed by atoms with van der Waals surface area (Å²) in [6.07, 6.45) is 0. The summed E-state index contributed by atoms with van der Waals surface area (Å²) in [6.45, 7) is 26.9. The second-order valence-corrected chi connectivity index (χ2v) is 28.1. The first-order chi connectivity index (χ1) is 9.85. The fraction of sp³-hybridized carbons (Fsp3) is 0.789. The van der Waals surface area contributed by atoms with Gasteiger partial charge in [-0.05, 0) is 54.3 Å². The van der Waals surface area contributed by atoms with Gasteiger partial charge in [0.05, 0.1) is 0 Å². The largest absolute Gasteiger partial charge is 1.00 e. The summed E-state index contributed by atoms with van der Waals surface area (Å²) in [4.78, 5) is 9.44. The Bertz CT molecular complexity index is 245. The fourth-order valence-corrected chi connectivity index (χ4v) is 2.76. The van der Waals surface area contributed by atoms with Gasteiger partial charge in [-0.3, -0.25) is 0 Å². The van der Waals surface area contributed by atoms with E-state index >= 15 is 0 Å². The van der Waals surface area contributed by atoms with E-state index in [2.05, 4.69) is 90.8 Å². The van der Waals surface area contributed by atoms with Crippen LogP contribution in [0.1, 0.15) is 70.2 Å². The molecule has 0 spiro atoms. The van der Waals surface area contributed by atoms with Gasteiger partial charge in [0.1, 0.15) is 5.78 Å². The minimum Gasteiger partial charge on any atom is -0.358 e. The van der Waals surface area contributed by atoms with E-state index in [1.165, 1.54) is 13.8 Å². The van der Waals surface area contributed by atoms with E-state index < -0.39 is 13.9 Å². The van der Waals surface area contributed by atoms with Crippen LogP contribution in [0.15, 0.2) is 13.2 Å². The second kappa shape index (κ2) is 39.2. The number of Topliss-reactive ketones (excluding diaryl/α,β-unsaturated/α-hetero) is 1. The van der Waals surface area contributed by atoms with Crippen LogP contribution in [0.3, 0.4) is 0 Å². The molecule has 170 valence electrons. The van der Waals surface area contributed by atoms with Crippen LogP contribution in [0.25, 0.3) is 0 Å². The van der Waals surface area contributed by atoms with Crippen molar-refractivity contribution < 1.29 is 130 Å². The van der Waals surface area contributed by atoms with Crippen molar-refractivity contribution in [1.29, 1.82) is 0 Å². The summed E-state index contributed by atoms with van der Waals surface area (Å²) in [5.74, 6) is 0.167. The van der Waals surface area contributed by atoms with E-state index in [0.717, 1.165) is 0 Å². The molecule has 0 unspecified atom stereocenters. The van der Waals surface area contributed by atoms with E-state index in [1.807, 2.05) is 0 Å². The summed E-state index contributed by atoms with van der Waals surface area (Å²) in [5, 5.41) is 10.1. The van der Waals surface area contributed by atoms with Crippen LogP contribution in [0.2, 0.25) is 19.6 Å². The Labute approximate surface area is 296 Å². The van der Waals surface area contributed by atoms with Gasteiger partial charge in [0.25, 0.3) is 0 Å². The first-order valence-electron chi connectivity index (χ1n) is 7.10. The topological polar surface area (TPSA) is 49.4 Å². The Kier molecular flexibility index (Phi) is 89.5. The maximum absolute atomic E-state index is 10.1. The van der Waals surface area contributed by atoms with E-state index in [9.17, 15) is 9.90 Å². The molecule has 0 aliphatic heterocycles. The van der Waals surface area contributed by atoms with Gasteiger partial charge in [-0.2, -0.15) is 0 Å². The molecule has 0 aromatic heterocycles. The van der Waals surface area contributed by atoms with Crippen molar-refractivity contribution in [3.8, 4) is 0 Å². The molecule has 9 heteroatoms. The fourth-order valence-electron chi connectivity index (χ4n) is 0.919. The molecule has 28 heavy (non-hydrogen) atoms. The zero-order valence-electron chi connectivity index (χ0n) is 19.8. The van der Waals surface area contributed by atoms with E-state index in [0.29, 0.717) is 13.3 Å². The molecular formula is C19H48I3K2O3Si-. The standard InChI is InChI=1S/C7H18OSi.C4H9O.C3H6O.C2H4.2CH4.CH3.I3.2K/c1-7(2,3)8-9(4,5)6;1-4(2,3)5;1-3(2)4;1-2;;;;1-3-2;;/h1-6H3;1-3H3;1-2H3;1-2H2;2*1H4;1H3;;;/q;-1;;;;;2*-1;2*+1. The summed E-state index contributed by atoms with van der Waals surface area (Å²) >= 11 is 5.30. The molecule has 0 amide bonds. The Balaban J connectivity index is -0.0000000189. The monoisotopic (exact) mass is 811 g/mol. The Morgan fingerprint density at radius 3 is 1.04 bits per heavy atom. The maximum Gasteiger partial charge on any atom is 1.00 e. The summed E-state index contributed by atoms with van der Waals surface area (Å²) < 4.78 is 5.76. The molecule has 0 bridgehead atoms.